The van der Waals surface area contributed by atoms with Crippen molar-refractivity contribution in [1.29, 1.82) is 0 Å². The van der Waals surface area contributed by atoms with Crippen LogP contribution in [0.3, 0.4) is 0 Å². The predicted molar refractivity (Wildman–Crippen MR) is 88.8 cm³/mol. The van der Waals surface area contributed by atoms with Crippen LogP contribution < -0.4 is 5.73 Å². The van der Waals surface area contributed by atoms with Crippen LogP contribution in [0.25, 0.3) is 16.9 Å². The summed E-state index contributed by atoms with van der Waals surface area (Å²) in [4.78, 5) is 0. The second-order valence-electron chi connectivity index (χ2n) is 4.33. The molecular formula is C15H11Br2N3. The van der Waals surface area contributed by atoms with Gasteiger partial charge in [0.25, 0.3) is 0 Å². The molecule has 0 aliphatic heterocycles. The van der Waals surface area contributed by atoms with E-state index in [0.717, 1.165) is 25.9 Å². The topological polar surface area (TPSA) is 43.8 Å². The van der Waals surface area contributed by atoms with Crippen molar-refractivity contribution in [1.82, 2.24) is 9.78 Å². The molecule has 5 heteroatoms. The fourth-order valence-corrected chi connectivity index (χ4v) is 2.71. The number of halogens is 2. The summed E-state index contributed by atoms with van der Waals surface area (Å²) in [5.74, 6) is 0. The first-order chi connectivity index (χ1) is 9.65. The average Bonchev–Trinajstić information content (AvgIpc) is 2.82. The van der Waals surface area contributed by atoms with Crippen molar-refractivity contribution in [3.05, 3.63) is 63.7 Å². The van der Waals surface area contributed by atoms with E-state index in [9.17, 15) is 0 Å². The number of rotatable bonds is 2. The molecule has 0 amide bonds. The van der Waals surface area contributed by atoms with E-state index < -0.39 is 0 Å². The minimum atomic E-state index is 0.653. The zero-order chi connectivity index (χ0) is 14.1. The summed E-state index contributed by atoms with van der Waals surface area (Å²) >= 11 is 6.95. The van der Waals surface area contributed by atoms with Crippen LogP contribution in [0, 0.1) is 0 Å². The maximum absolute atomic E-state index is 6.10. The Kier molecular flexibility index (Phi) is 3.63. The number of hydrogen-bond donors (Lipinski definition) is 1. The lowest BCUT2D eigenvalue weighted by Crippen LogP contribution is -1.94. The minimum absolute atomic E-state index is 0.653. The molecule has 0 saturated heterocycles. The summed E-state index contributed by atoms with van der Waals surface area (Å²) in [5.41, 5.74) is 9.48. The van der Waals surface area contributed by atoms with Gasteiger partial charge in [0.2, 0.25) is 0 Å². The summed E-state index contributed by atoms with van der Waals surface area (Å²) in [7, 11) is 0. The molecule has 0 unspecified atom stereocenters. The highest BCUT2D eigenvalue weighted by Gasteiger charge is 2.12. The molecule has 3 rings (SSSR count). The van der Waals surface area contributed by atoms with Crippen LogP contribution in [-0.2, 0) is 0 Å². The Morgan fingerprint density at radius 1 is 0.950 bits per heavy atom. The van der Waals surface area contributed by atoms with Crippen molar-refractivity contribution in [2.75, 3.05) is 5.73 Å². The van der Waals surface area contributed by atoms with E-state index in [2.05, 4.69) is 37.0 Å². The average molecular weight is 393 g/mol. The first-order valence-corrected chi connectivity index (χ1v) is 7.60. The third-order valence-corrected chi connectivity index (χ3v) is 4.18. The summed E-state index contributed by atoms with van der Waals surface area (Å²) < 4.78 is 3.80. The van der Waals surface area contributed by atoms with Crippen LogP contribution in [0.2, 0.25) is 0 Å². The maximum Gasteiger partial charge on any atom is 0.117 e. The van der Waals surface area contributed by atoms with Crippen LogP contribution in [0.1, 0.15) is 0 Å². The number of benzene rings is 2. The second kappa shape index (κ2) is 5.42. The van der Waals surface area contributed by atoms with Gasteiger partial charge in [0.15, 0.2) is 0 Å². The van der Waals surface area contributed by atoms with Crippen LogP contribution in [0.4, 0.5) is 5.69 Å². The quantitative estimate of drug-likeness (QED) is 0.689. The summed E-state index contributed by atoms with van der Waals surface area (Å²) in [6, 6.07) is 15.8. The number of hydrogen-bond acceptors (Lipinski definition) is 2. The molecule has 0 bridgehead atoms. The van der Waals surface area contributed by atoms with Gasteiger partial charge in [-0.05, 0) is 30.3 Å². The van der Waals surface area contributed by atoms with Crippen molar-refractivity contribution in [3.8, 4) is 16.9 Å². The van der Waals surface area contributed by atoms with Crippen molar-refractivity contribution in [2.45, 2.75) is 0 Å². The number of anilines is 1. The van der Waals surface area contributed by atoms with Gasteiger partial charge in [-0.3, -0.25) is 0 Å². The molecule has 0 radical (unpaired) electrons. The molecule has 100 valence electrons. The normalized spacial score (nSPS) is 10.7. The summed E-state index contributed by atoms with van der Waals surface area (Å²) in [6.07, 6.45) is 1.83. The Morgan fingerprint density at radius 3 is 2.35 bits per heavy atom. The third kappa shape index (κ3) is 2.51. The molecule has 0 aliphatic rings. The van der Waals surface area contributed by atoms with E-state index >= 15 is 0 Å². The molecule has 0 spiro atoms. The van der Waals surface area contributed by atoms with Crippen molar-refractivity contribution < 1.29 is 0 Å². The van der Waals surface area contributed by atoms with Gasteiger partial charge in [-0.2, -0.15) is 5.10 Å². The molecular weight excluding hydrogens is 382 g/mol. The van der Waals surface area contributed by atoms with Gasteiger partial charge in [-0.15, -0.1) is 0 Å². The van der Waals surface area contributed by atoms with Crippen LogP contribution in [0.15, 0.2) is 63.7 Å². The lowest BCUT2D eigenvalue weighted by atomic mass is 10.1. The zero-order valence-corrected chi connectivity index (χ0v) is 13.6. The molecule has 0 aliphatic carbocycles. The van der Waals surface area contributed by atoms with E-state index in [0.29, 0.717) is 5.69 Å². The molecule has 0 saturated carbocycles. The molecule has 3 aromatic rings. The molecule has 20 heavy (non-hydrogen) atoms. The number of nitrogens with two attached hydrogens (primary N) is 1. The van der Waals surface area contributed by atoms with E-state index in [1.165, 1.54) is 0 Å². The Labute approximate surface area is 133 Å². The molecule has 3 nitrogen and oxygen atoms in total. The lowest BCUT2D eigenvalue weighted by Gasteiger charge is -2.02. The van der Waals surface area contributed by atoms with Gasteiger partial charge in [0.05, 0.1) is 17.6 Å². The van der Waals surface area contributed by atoms with E-state index in [4.69, 9.17) is 5.73 Å². The fourth-order valence-electron chi connectivity index (χ4n) is 1.98. The van der Waals surface area contributed by atoms with Gasteiger partial charge in [0, 0.05) is 14.5 Å². The van der Waals surface area contributed by atoms with Crippen molar-refractivity contribution in [3.63, 3.8) is 0 Å². The first kappa shape index (κ1) is 13.4. The number of aromatic nitrogens is 2. The predicted octanol–water partition coefficient (Wildman–Crippen LogP) is 4.65. The molecule has 2 aromatic carbocycles. The Balaban J connectivity index is 2.08. The zero-order valence-electron chi connectivity index (χ0n) is 10.4. The van der Waals surface area contributed by atoms with Crippen LogP contribution >= 0.6 is 31.9 Å². The Morgan fingerprint density at radius 2 is 1.65 bits per heavy atom. The van der Waals surface area contributed by atoms with Crippen molar-refractivity contribution in [2.24, 2.45) is 0 Å². The monoisotopic (exact) mass is 391 g/mol. The van der Waals surface area contributed by atoms with Crippen LogP contribution in [0.5, 0.6) is 0 Å². The van der Waals surface area contributed by atoms with E-state index in [1.807, 2.05) is 54.7 Å². The van der Waals surface area contributed by atoms with Gasteiger partial charge in [0.1, 0.15) is 5.69 Å². The van der Waals surface area contributed by atoms with E-state index in [1.54, 1.807) is 4.68 Å². The largest absolute Gasteiger partial charge is 0.396 e. The van der Waals surface area contributed by atoms with Gasteiger partial charge < -0.3 is 5.73 Å². The highest BCUT2D eigenvalue weighted by Crippen LogP contribution is 2.31. The lowest BCUT2D eigenvalue weighted by molar-refractivity contribution is 0.884. The smallest absolute Gasteiger partial charge is 0.117 e. The molecule has 1 aromatic heterocycles. The van der Waals surface area contributed by atoms with Gasteiger partial charge >= 0.3 is 0 Å². The molecule has 1 heterocycles. The maximum atomic E-state index is 6.10. The molecule has 2 N–H and O–H groups in total. The minimum Gasteiger partial charge on any atom is -0.396 e. The summed E-state index contributed by atoms with van der Waals surface area (Å²) in [5, 5.41) is 4.59. The fraction of sp³-hybridized carbons (Fsp3) is 0. The Hall–Kier alpha value is -1.59. The summed E-state index contributed by atoms with van der Waals surface area (Å²) in [6.45, 7) is 0. The number of nitrogen functional groups attached to an aromatic ring is 1. The van der Waals surface area contributed by atoms with Gasteiger partial charge in [-0.25, -0.2) is 4.68 Å². The molecule has 0 fully saturated rings. The first-order valence-electron chi connectivity index (χ1n) is 6.01. The SMILES string of the molecule is Nc1cn(-c2ccc(Br)cc2)nc1-c1ccccc1Br. The second-order valence-corrected chi connectivity index (χ2v) is 6.10. The van der Waals surface area contributed by atoms with Crippen molar-refractivity contribution >= 4 is 37.5 Å². The number of nitrogens with zero attached hydrogens (tertiary/aromatic N) is 2. The standard InChI is InChI=1S/C15H11Br2N3/c16-10-5-7-11(8-6-10)20-9-14(18)15(19-20)12-3-1-2-4-13(12)17/h1-9H,18H2. The van der Waals surface area contributed by atoms with E-state index in [-0.39, 0.29) is 0 Å². The third-order valence-electron chi connectivity index (χ3n) is 2.96. The highest BCUT2D eigenvalue weighted by molar-refractivity contribution is 9.10. The Bertz CT molecular complexity index is 748. The highest BCUT2D eigenvalue weighted by atomic mass is 79.9. The molecule has 0 atom stereocenters. The van der Waals surface area contributed by atoms with Gasteiger partial charge in [-0.1, -0.05) is 50.1 Å². The van der Waals surface area contributed by atoms with Crippen LogP contribution in [-0.4, -0.2) is 9.78 Å².